The molecule has 0 radical (unpaired) electrons. The molecule has 6 nitrogen and oxygen atoms in total. The first-order chi connectivity index (χ1) is 9.10. The van der Waals surface area contributed by atoms with E-state index in [2.05, 4.69) is 17.3 Å². The highest BCUT2D eigenvalue weighted by Crippen LogP contribution is 2.24. The lowest BCUT2D eigenvalue weighted by molar-refractivity contribution is -0.402. The van der Waals surface area contributed by atoms with E-state index in [-0.39, 0.29) is 5.88 Å². The molecule has 19 heavy (non-hydrogen) atoms. The lowest BCUT2D eigenvalue weighted by atomic mass is 9.90. The van der Waals surface area contributed by atoms with E-state index in [9.17, 15) is 10.1 Å². The molecule has 1 saturated carbocycles. The molecule has 0 bridgehead atoms. The highest BCUT2D eigenvalue weighted by molar-refractivity contribution is 5.17. The van der Waals surface area contributed by atoms with Crippen LogP contribution in [0.3, 0.4) is 0 Å². The van der Waals surface area contributed by atoms with E-state index < -0.39 is 4.92 Å². The van der Waals surface area contributed by atoms with E-state index in [1.807, 2.05) is 7.05 Å². The van der Waals surface area contributed by atoms with E-state index in [1.54, 1.807) is 6.07 Å². The fraction of sp³-hybridized carbons (Fsp3) is 0.692. The number of rotatable bonds is 5. The van der Waals surface area contributed by atoms with Crippen LogP contribution in [-0.4, -0.2) is 36.0 Å². The molecule has 1 heterocycles. The second kappa shape index (κ2) is 6.16. The molecule has 1 fully saturated rings. The molecule has 1 N–H and O–H groups in total. The van der Waals surface area contributed by atoms with Crippen LogP contribution < -0.4 is 5.32 Å². The highest BCUT2D eigenvalue weighted by Gasteiger charge is 2.24. The third-order valence-corrected chi connectivity index (χ3v) is 3.96. The number of hydrogen-bond donors (Lipinski definition) is 1. The Bertz CT molecular complexity index is 425. The molecule has 0 unspecified atom stereocenters. The summed E-state index contributed by atoms with van der Waals surface area (Å²) in [5.41, 5.74) is 0. The summed E-state index contributed by atoms with van der Waals surface area (Å²) in [5, 5.41) is 13.9. The van der Waals surface area contributed by atoms with Gasteiger partial charge >= 0.3 is 5.88 Å². The van der Waals surface area contributed by atoms with Crippen molar-refractivity contribution >= 4 is 5.88 Å². The lowest BCUT2D eigenvalue weighted by Crippen LogP contribution is -2.39. The van der Waals surface area contributed by atoms with Crippen LogP contribution in [0.25, 0.3) is 0 Å². The molecule has 1 aromatic rings. The van der Waals surface area contributed by atoms with Gasteiger partial charge in [-0.05, 0) is 45.8 Å². The van der Waals surface area contributed by atoms with Crippen LogP contribution in [0.5, 0.6) is 0 Å². The smallest absolute Gasteiger partial charge is 0.404 e. The summed E-state index contributed by atoms with van der Waals surface area (Å²) >= 11 is 0. The quantitative estimate of drug-likeness (QED) is 0.653. The van der Waals surface area contributed by atoms with Gasteiger partial charge in [-0.25, -0.2) is 0 Å². The van der Waals surface area contributed by atoms with Gasteiger partial charge in [-0.3, -0.25) is 15.0 Å². The molecule has 0 atom stereocenters. The van der Waals surface area contributed by atoms with Crippen LogP contribution in [0.1, 0.15) is 31.4 Å². The maximum absolute atomic E-state index is 10.6. The largest absolute Gasteiger partial charge is 0.433 e. The van der Waals surface area contributed by atoms with Gasteiger partial charge in [0.1, 0.15) is 10.7 Å². The predicted octanol–water partition coefficient (Wildman–Crippen LogP) is 2.15. The maximum atomic E-state index is 10.6. The summed E-state index contributed by atoms with van der Waals surface area (Å²) in [7, 11) is 4.06. The van der Waals surface area contributed by atoms with E-state index in [4.69, 9.17) is 4.42 Å². The van der Waals surface area contributed by atoms with Crippen molar-refractivity contribution in [3.63, 3.8) is 0 Å². The van der Waals surface area contributed by atoms with E-state index in [0.29, 0.717) is 24.4 Å². The van der Waals surface area contributed by atoms with Gasteiger partial charge in [-0.15, -0.1) is 0 Å². The second-order valence-electron chi connectivity index (χ2n) is 5.21. The van der Waals surface area contributed by atoms with Crippen LogP contribution in [0.4, 0.5) is 5.88 Å². The van der Waals surface area contributed by atoms with Gasteiger partial charge in [-0.1, -0.05) is 0 Å². The Labute approximate surface area is 112 Å². The van der Waals surface area contributed by atoms with E-state index >= 15 is 0 Å². The van der Waals surface area contributed by atoms with Gasteiger partial charge in [0.15, 0.2) is 0 Å². The van der Waals surface area contributed by atoms with Crippen LogP contribution in [0.2, 0.25) is 0 Å². The zero-order valence-corrected chi connectivity index (χ0v) is 11.5. The number of nitrogens with one attached hydrogen (secondary N) is 1. The van der Waals surface area contributed by atoms with Crippen molar-refractivity contribution in [3.05, 3.63) is 28.0 Å². The van der Waals surface area contributed by atoms with Crippen molar-refractivity contribution in [2.75, 3.05) is 14.1 Å². The maximum Gasteiger partial charge on any atom is 0.433 e. The summed E-state index contributed by atoms with van der Waals surface area (Å²) in [4.78, 5) is 12.3. The Kier molecular flexibility index (Phi) is 4.55. The molecule has 1 aliphatic carbocycles. The van der Waals surface area contributed by atoms with Gasteiger partial charge in [0.2, 0.25) is 0 Å². The Morgan fingerprint density at radius 1 is 1.42 bits per heavy atom. The minimum Gasteiger partial charge on any atom is -0.404 e. The number of nitro groups is 1. The summed E-state index contributed by atoms with van der Waals surface area (Å²) in [6.07, 6.45) is 4.68. The first-order valence-corrected chi connectivity index (χ1v) is 6.70. The summed E-state index contributed by atoms with van der Waals surface area (Å²) < 4.78 is 5.20. The van der Waals surface area contributed by atoms with Gasteiger partial charge in [-0.2, -0.15) is 0 Å². The second-order valence-corrected chi connectivity index (χ2v) is 5.21. The topological polar surface area (TPSA) is 71.5 Å². The van der Waals surface area contributed by atoms with Crippen molar-refractivity contribution in [1.29, 1.82) is 0 Å². The first kappa shape index (κ1) is 14.0. The predicted molar refractivity (Wildman–Crippen MR) is 71.9 cm³/mol. The van der Waals surface area contributed by atoms with Crippen molar-refractivity contribution in [1.82, 2.24) is 10.2 Å². The standard InChI is InChI=1S/C13H21N3O3/c1-14-10-3-5-11(6-4-10)15(2)9-12-7-8-13(19-12)16(17)18/h7-8,10-11,14H,3-6,9H2,1-2H3. The van der Waals surface area contributed by atoms with E-state index in [0.717, 1.165) is 12.8 Å². The third-order valence-electron chi connectivity index (χ3n) is 3.96. The number of hydrogen-bond acceptors (Lipinski definition) is 5. The third kappa shape index (κ3) is 3.54. The zero-order chi connectivity index (χ0) is 13.8. The summed E-state index contributed by atoms with van der Waals surface area (Å²) in [6.45, 7) is 0.628. The van der Waals surface area contributed by atoms with Gasteiger partial charge in [0.05, 0.1) is 12.6 Å². The first-order valence-electron chi connectivity index (χ1n) is 6.70. The molecular weight excluding hydrogens is 246 g/mol. The molecule has 0 saturated heterocycles. The van der Waals surface area contributed by atoms with Gasteiger partial charge < -0.3 is 9.73 Å². The van der Waals surface area contributed by atoms with Crippen molar-refractivity contribution in [2.45, 2.75) is 44.3 Å². The molecule has 1 aliphatic rings. The molecule has 106 valence electrons. The highest BCUT2D eigenvalue weighted by atomic mass is 16.6. The minimum absolute atomic E-state index is 0.178. The van der Waals surface area contributed by atoms with Crippen LogP contribution in [-0.2, 0) is 6.54 Å². The fourth-order valence-electron chi connectivity index (χ4n) is 2.73. The Morgan fingerprint density at radius 2 is 2.11 bits per heavy atom. The van der Waals surface area contributed by atoms with E-state index in [1.165, 1.54) is 18.9 Å². The van der Waals surface area contributed by atoms with Crippen LogP contribution in [0, 0.1) is 10.1 Å². The zero-order valence-electron chi connectivity index (χ0n) is 11.5. The monoisotopic (exact) mass is 267 g/mol. The molecule has 0 amide bonds. The van der Waals surface area contributed by atoms with Crippen molar-refractivity contribution < 1.29 is 9.34 Å². The Balaban J connectivity index is 1.86. The molecule has 0 aromatic carbocycles. The number of nitrogens with zero attached hydrogens (tertiary/aromatic N) is 2. The Morgan fingerprint density at radius 3 is 2.63 bits per heavy atom. The molecule has 0 aliphatic heterocycles. The average Bonchev–Trinajstić information content (AvgIpc) is 2.87. The normalized spacial score (nSPS) is 23.7. The van der Waals surface area contributed by atoms with Gasteiger partial charge in [0, 0.05) is 12.1 Å². The lowest BCUT2D eigenvalue weighted by Gasteiger charge is -2.34. The molecule has 2 rings (SSSR count). The summed E-state index contributed by atoms with van der Waals surface area (Å²) in [6, 6.07) is 4.28. The number of furan rings is 1. The molecular formula is C13H21N3O3. The molecule has 1 aromatic heterocycles. The fourth-order valence-corrected chi connectivity index (χ4v) is 2.73. The molecule has 6 heteroatoms. The SMILES string of the molecule is CNC1CCC(N(C)Cc2ccc([N+](=O)[O-])o2)CC1. The Hall–Kier alpha value is -1.40. The van der Waals surface area contributed by atoms with Crippen LogP contribution >= 0.6 is 0 Å². The average molecular weight is 267 g/mol. The minimum atomic E-state index is -0.498. The van der Waals surface area contributed by atoms with Crippen molar-refractivity contribution in [3.8, 4) is 0 Å². The van der Waals surface area contributed by atoms with Gasteiger partial charge in [0.25, 0.3) is 0 Å². The van der Waals surface area contributed by atoms with Crippen LogP contribution in [0.15, 0.2) is 16.5 Å². The van der Waals surface area contributed by atoms with Crippen molar-refractivity contribution in [2.24, 2.45) is 0 Å². The summed E-state index contributed by atoms with van der Waals surface area (Å²) in [5.74, 6) is 0.479. The molecule has 0 spiro atoms.